The topological polar surface area (TPSA) is 73.3 Å². The summed E-state index contributed by atoms with van der Waals surface area (Å²) < 4.78 is 0. The molecule has 0 aromatic rings. The molecule has 0 unspecified atom stereocenters. The molecule has 2 aliphatic rings. The number of amides is 3. The van der Waals surface area contributed by atoms with Crippen LogP contribution in [0.5, 0.6) is 0 Å². The molecule has 0 bridgehead atoms. The van der Waals surface area contributed by atoms with Crippen molar-refractivity contribution in [2.75, 3.05) is 20.6 Å². The Morgan fingerprint density at radius 3 is 2.65 bits per heavy atom. The maximum Gasteiger partial charge on any atom is 0.328 e. The third-order valence-corrected chi connectivity index (χ3v) is 3.73. The number of ketones is 1. The minimum Gasteiger partial charge on any atom is -0.351 e. The van der Waals surface area contributed by atoms with E-state index in [-0.39, 0.29) is 17.7 Å². The lowest BCUT2D eigenvalue weighted by molar-refractivity contribution is -0.137. The monoisotopic (exact) mass is 280 g/mol. The van der Waals surface area contributed by atoms with Gasteiger partial charge in [-0.2, -0.15) is 0 Å². The van der Waals surface area contributed by atoms with Crippen LogP contribution in [0.3, 0.4) is 0 Å². The summed E-state index contributed by atoms with van der Waals surface area (Å²) in [7, 11) is 3.44. The smallest absolute Gasteiger partial charge is 0.328 e. The van der Waals surface area contributed by atoms with Gasteiger partial charge in [0.2, 0.25) is 0 Å². The average molecular weight is 280 g/mol. The summed E-state index contributed by atoms with van der Waals surface area (Å²) in [4.78, 5) is 44.2. The number of hydrogen-bond acceptors (Lipinski definition) is 5. The Bertz CT molecular complexity index is 463. The molecule has 2 aliphatic heterocycles. The van der Waals surface area contributed by atoms with Crippen LogP contribution in [0.1, 0.15) is 26.2 Å². The maximum atomic E-state index is 12.4. The first-order valence-corrected chi connectivity index (χ1v) is 6.76. The number of urea groups is 1. The van der Waals surface area contributed by atoms with E-state index in [1.54, 1.807) is 32.3 Å². The van der Waals surface area contributed by atoms with Gasteiger partial charge in [0.05, 0.1) is 6.34 Å². The molecule has 2 rings (SSSR count). The fourth-order valence-electron chi connectivity index (χ4n) is 2.56. The van der Waals surface area contributed by atoms with Crippen molar-refractivity contribution in [3.8, 4) is 0 Å². The number of imide groups is 1. The molecular formula is C13H20N4O3. The predicted octanol–water partition coefficient (Wildman–Crippen LogP) is 0.308. The first kappa shape index (κ1) is 14.5. The first-order chi connectivity index (χ1) is 9.43. The molecule has 0 spiro atoms. The van der Waals surface area contributed by atoms with E-state index < -0.39 is 12.2 Å². The van der Waals surface area contributed by atoms with Crippen LogP contribution in [-0.2, 0) is 9.59 Å². The molecule has 0 radical (unpaired) electrons. The zero-order valence-electron chi connectivity index (χ0n) is 12.1. The number of fused-ring (bicyclic) bond motifs is 1. The van der Waals surface area contributed by atoms with E-state index in [1.165, 1.54) is 9.80 Å². The molecule has 0 aliphatic carbocycles. The van der Waals surface area contributed by atoms with Crippen molar-refractivity contribution in [3.63, 3.8) is 0 Å². The second-order valence-corrected chi connectivity index (χ2v) is 5.33. The number of nitrogens with zero attached hydrogens (tertiary/aromatic N) is 4. The first-order valence-electron chi connectivity index (χ1n) is 6.76. The van der Waals surface area contributed by atoms with Gasteiger partial charge in [-0.1, -0.05) is 0 Å². The van der Waals surface area contributed by atoms with E-state index in [0.29, 0.717) is 25.8 Å². The van der Waals surface area contributed by atoms with Crippen molar-refractivity contribution in [1.29, 1.82) is 0 Å². The number of likely N-dealkylation sites (N-methyl/N-ethyl adjacent to an activating group) is 2. The molecule has 2 heterocycles. The van der Waals surface area contributed by atoms with Crippen molar-refractivity contribution < 1.29 is 14.4 Å². The van der Waals surface area contributed by atoms with Crippen LogP contribution in [0.15, 0.2) is 4.99 Å². The molecule has 0 N–H and O–H groups in total. The zero-order valence-corrected chi connectivity index (χ0v) is 12.1. The van der Waals surface area contributed by atoms with E-state index in [0.717, 1.165) is 0 Å². The summed E-state index contributed by atoms with van der Waals surface area (Å²) in [5.74, 6) is -0.0802. The van der Waals surface area contributed by atoms with Gasteiger partial charge in [0.1, 0.15) is 5.78 Å². The quantitative estimate of drug-likeness (QED) is 0.679. The Morgan fingerprint density at radius 1 is 1.30 bits per heavy atom. The van der Waals surface area contributed by atoms with Gasteiger partial charge < -0.3 is 14.6 Å². The van der Waals surface area contributed by atoms with Gasteiger partial charge in [0.15, 0.2) is 12.2 Å². The second-order valence-electron chi connectivity index (χ2n) is 5.33. The molecular weight excluding hydrogens is 260 g/mol. The lowest BCUT2D eigenvalue weighted by Gasteiger charge is -2.40. The number of carbonyl (C=O) groups excluding carboxylic acids is 3. The SMILES string of the molecule is CC(=O)CCCCN1C(=O)[C@H]2[C@H](N=CN2C)N(C)C1=O. The zero-order chi connectivity index (χ0) is 14.9. The van der Waals surface area contributed by atoms with Crippen LogP contribution in [0, 0.1) is 0 Å². The molecule has 3 amide bonds. The standard InChI is InChI=1S/C13H20N4O3/c1-9(18)6-4-5-7-17-12(19)10-11(14-8-15(10)2)16(3)13(17)20/h8,10-11H,4-7H2,1-3H3/t10-,11-/m1/s1. The summed E-state index contributed by atoms with van der Waals surface area (Å²) in [5.41, 5.74) is 0. The molecule has 20 heavy (non-hydrogen) atoms. The van der Waals surface area contributed by atoms with Gasteiger partial charge in [-0.15, -0.1) is 0 Å². The highest BCUT2D eigenvalue weighted by atomic mass is 16.2. The average Bonchev–Trinajstić information content (AvgIpc) is 2.77. The predicted molar refractivity (Wildman–Crippen MR) is 73.2 cm³/mol. The molecule has 1 saturated heterocycles. The van der Waals surface area contributed by atoms with Crippen LogP contribution in [0.2, 0.25) is 0 Å². The summed E-state index contributed by atoms with van der Waals surface area (Å²) in [5, 5.41) is 0. The highest BCUT2D eigenvalue weighted by Gasteiger charge is 2.48. The maximum absolute atomic E-state index is 12.4. The second kappa shape index (κ2) is 5.60. The fraction of sp³-hybridized carbons (Fsp3) is 0.692. The van der Waals surface area contributed by atoms with Crippen LogP contribution in [0.4, 0.5) is 4.79 Å². The number of hydrogen-bond donors (Lipinski definition) is 0. The molecule has 0 aromatic carbocycles. The van der Waals surface area contributed by atoms with Gasteiger partial charge >= 0.3 is 6.03 Å². The summed E-state index contributed by atoms with van der Waals surface area (Å²) in [6, 6.07) is -0.739. The Hall–Kier alpha value is -1.92. The lowest BCUT2D eigenvalue weighted by Crippen LogP contribution is -2.64. The van der Waals surface area contributed by atoms with Gasteiger partial charge in [0.25, 0.3) is 5.91 Å². The molecule has 7 heteroatoms. The number of carbonyl (C=O) groups is 3. The van der Waals surface area contributed by atoms with Gasteiger partial charge in [0, 0.05) is 27.1 Å². The molecule has 110 valence electrons. The lowest BCUT2D eigenvalue weighted by atomic mass is 10.1. The van der Waals surface area contributed by atoms with Crippen LogP contribution < -0.4 is 0 Å². The molecule has 7 nitrogen and oxygen atoms in total. The van der Waals surface area contributed by atoms with Gasteiger partial charge in [-0.05, 0) is 19.8 Å². The van der Waals surface area contributed by atoms with E-state index in [9.17, 15) is 14.4 Å². The summed E-state index contributed by atoms with van der Waals surface area (Å²) in [6.07, 6.45) is 2.99. The van der Waals surface area contributed by atoms with Crippen LogP contribution in [0.25, 0.3) is 0 Å². The number of rotatable bonds is 5. The van der Waals surface area contributed by atoms with E-state index >= 15 is 0 Å². The Labute approximate surface area is 118 Å². The van der Waals surface area contributed by atoms with Gasteiger partial charge in [-0.25, -0.2) is 9.79 Å². The molecule has 0 aromatic heterocycles. The number of Topliss-reactive ketones (excluding diaryl/α,β-unsaturated/α-hetero) is 1. The minimum absolute atomic E-state index is 0.127. The largest absolute Gasteiger partial charge is 0.351 e. The number of unbranched alkanes of at least 4 members (excludes halogenated alkanes) is 1. The molecule has 1 fully saturated rings. The van der Waals surface area contributed by atoms with Crippen LogP contribution >= 0.6 is 0 Å². The van der Waals surface area contributed by atoms with Crippen molar-refractivity contribution in [2.45, 2.75) is 38.4 Å². The third kappa shape index (κ3) is 2.52. The third-order valence-electron chi connectivity index (χ3n) is 3.73. The fourth-order valence-corrected chi connectivity index (χ4v) is 2.56. The molecule has 2 atom stereocenters. The minimum atomic E-state index is -0.425. The normalized spacial score (nSPS) is 25.4. The van der Waals surface area contributed by atoms with E-state index in [2.05, 4.69) is 4.99 Å². The van der Waals surface area contributed by atoms with Crippen molar-refractivity contribution in [3.05, 3.63) is 0 Å². The Morgan fingerprint density at radius 2 is 2.00 bits per heavy atom. The van der Waals surface area contributed by atoms with Crippen LogP contribution in [-0.4, -0.2) is 71.6 Å². The summed E-state index contributed by atoms with van der Waals surface area (Å²) >= 11 is 0. The van der Waals surface area contributed by atoms with E-state index in [1.807, 2.05) is 0 Å². The van der Waals surface area contributed by atoms with Crippen molar-refractivity contribution >= 4 is 24.1 Å². The highest BCUT2D eigenvalue weighted by Crippen LogP contribution is 2.24. The Kier molecular flexibility index (Phi) is 4.06. The number of aliphatic imine (C=N–C) groups is 1. The van der Waals surface area contributed by atoms with Crippen molar-refractivity contribution in [2.24, 2.45) is 4.99 Å². The van der Waals surface area contributed by atoms with Gasteiger partial charge in [-0.3, -0.25) is 9.69 Å². The van der Waals surface area contributed by atoms with Crippen molar-refractivity contribution in [1.82, 2.24) is 14.7 Å². The van der Waals surface area contributed by atoms with E-state index in [4.69, 9.17) is 0 Å². The highest BCUT2D eigenvalue weighted by molar-refractivity contribution is 6.01. The Balaban J connectivity index is 2.00. The molecule has 0 saturated carbocycles. The summed E-state index contributed by atoms with van der Waals surface area (Å²) in [6.45, 7) is 1.90.